The quantitative estimate of drug-likeness (QED) is 0.164. The highest BCUT2D eigenvalue weighted by atomic mass is 15.0. The van der Waals surface area contributed by atoms with Crippen LogP contribution in [-0.4, -0.2) is 14.5 Å². The predicted molar refractivity (Wildman–Crippen MR) is 248 cm³/mol. The number of hydrogen-bond acceptors (Lipinski definition) is 2. The number of aromatic nitrogens is 3. The molecule has 12 rings (SSSR count). The van der Waals surface area contributed by atoms with Gasteiger partial charge in [0.1, 0.15) is 0 Å². The van der Waals surface area contributed by atoms with Crippen LogP contribution in [0.2, 0.25) is 0 Å². The molecule has 0 radical (unpaired) electrons. The van der Waals surface area contributed by atoms with Crippen LogP contribution in [0.5, 0.6) is 0 Å². The average Bonchev–Trinajstić information content (AvgIpc) is 3.66. The Morgan fingerprint density at radius 3 is 1.80 bits per heavy atom. The summed E-state index contributed by atoms with van der Waals surface area (Å²) in [6, 6.07) is 57.2. The zero-order valence-electron chi connectivity index (χ0n) is 32.5. The van der Waals surface area contributed by atoms with Crippen molar-refractivity contribution < 1.29 is 0 Å². The Hall–Kier alpha value is -7.36. The SMILES string of the molecule is C1=CC(c2ccc(-c3ccc(-n4c5ccccc5c5ccccc54)cc3)c3ccccc23)CC=C1C1=CC(c2cnc3c4ccccc4c4ccccc4c3n2)=CCC1. The minimum Gasteiger partial charge on any atom is -0.309 e. The third-order valence-electron chi connectivity index (χ3n) is 12.7. The van der Waals surface area contributed by atoms with E-state index in [1.807, 2.05) is 6.20 Å². The molecule has 0 bridgehead atoms. The fourth-order valence-electron chi connectivity index (χ4n) is 9.85. The molecule has 3 nitrogen and oxygen atoms in total. The Morgan fingerprint density at radius 1 is 0.508 bits per heavy atom. The summed E-state index contributed by atoms with van der Waals surface area (Å²) in [5, 5.41) is 9.90. The van der Waals surface area contributed by atoms with E-state index in [1.54, 1.807) is 0 Å². The first-order chi connectivity index (χ1) is 29.3. The summed E-state index contributed by atoms with van der Waals surface area (Å²) >= 11 is 0. The van der Waals surface area contributed by atoms with Crippen molar-refractivity contribution in [3.63, 3.8) is 0 Å². The molecule has 278 valence electrons. The van der Waals surface area contributed by atoms with Crippen molar-refractivity contribution in [2.75, 3.05) is 0 Å². The first-order valence-electron chi connectivity index (χ1n) is 20.7. The third kappa shape index (κ3) is 5.50. The normalized spacial score (nSPS) is 15.7. The average molecular weight is 754 g/mol. The molecule has 2 aliphatic rings. The number of para-hydroxylation sites is 2. The van der Waals surface area contributed by atoms with Gasteiger partial charge < -0.3 is 4.57 Å². The second-order valence-corrected chi connectivity index (χ2v) is 15.9. The standard InChI is InChI=1S/C56H39N3/c1-2-15-45-43(38-28-30-41(31-29-38)59-53-22-9-7-18-48(53)49-19-8-10-23-54(49)59)33-32-42(44(45)14-1)37-26-24-36(25-27-37)39-12-11-13-40(34-39)52-35-57-55-50-20-5-3-16-46(50)47-17-4-6-21-51(47)56(55)58-52/h1-10,13-26,28-35,37H,11-12,27H2. The fraction of sp³-hybridized carbons (Fsp3) is 0.0714. The molecule has 0 aliphatic heterocycles. The zero-order chi connectivity index (χ0) is 38.9. The molecule has 0 saturated carbocycles. The fourth-order valence-corrected chi connectivity index (χ4v) is 9.85. The third-order valence-corrected chi connectivity index (χ3v) is 12.7. The highest BCUT2D eigenvalue weighted by molar-refractivity contribution is 6.23. The van der Waals surface area contributed by atoms with Crippen molar-refractivity contribution in [2.45, 2.75) is 25.2 Å². The van der Waals surface area contributed by atoms with Gasteiger partial charge in [0.05, 0.1) is 34.0 Å². The van der Waals surface area contributed by atoms with Crippen LogP contribution >= 0.6 is 0 Å². The Morgan fingerprint density at radius 2 is 1.12 bits per heavy atom. The van der Waals surface area contributed by atoms with Crippen LogP contribution in [-0.2, 0) is 0 Å². The zero-order valence-corrected chi connectivity index (χ0v) is 32.5. The van der Waals surface area contributed by atoms with Crippen molar-refractivity contribution in [3.05, 3.63) is 217 Å². The Bertz CT molecular complexity index is 3380. The van der Waals surface area contributed by atoms with Gasteiger partial charge in [-0.25, -0.2) is 4.98 Å². The second-order valence-electron chi connectivity index (χ2n) is 15.9. The first kappa shape index (κ1) is 33.7. The number of hydrogen-bond donors (Lipinski definition) is 0. The van der Waals surface area contributed by atoms with Crippen LogP contribution in [0.15, 0.2) is 205 Å². The Balaban J connectivity index is 0.832. The lowest BCUT2D eigenvalue weighted by molar-refractivity contribution is 0.848. The molecule has 2 aromatic heterocycles. The molecular formula is C56H39N3. The molecule has 2 aliphatic carbocycles. The van der Waals surface area contributed by atoms with E-state index < -0.39 is 0 Å². The van der Waals surface area contributed by atoms with Crippen molar-refractivity contribution >= 4 is 70.7 Å². The summed E-state index contributed by atoms with van der Waals surface area (Å²) < 4.78 is 2.38. The second kappa shape index (κ2) is 13.6. The van der Waals surface area contributed by atoms with Crippen LogP contribution in [0, 0.1) is 0 Å². The predicted octanol–water partition coefficient (Wildman–Crippen LogP) is 14.6. The van der Waals surface area contributed by atoms with Crippen LogP contribution < -0.4 is 0 Å². The van der Waals surface area contributed by atoms with E-state index >= 15 is 0 Å². The first-order valence-corrected chi connectivity index (χ1v) is 20.7. The van der Waals surface area contributed by atoms with Gasteiger partial charge in [-0.05, 0) is 105 Å². The molecule has 0 amide bonds. The number of benzene rings is 8. The minimum absolute atomic E-state index is 0.309. The van der Waals surface area contributed by atoms with Gasteiger partial charge in [-0.15, -0.1) is 0 Å². The van der Waals surface area contributed by atoms with E-state index in [1.165, 1.54) is 76.9 Å². The molecule has 0 N–H and O–H groups in total. The number of allylic oxidation sites excluding steroid dienone is 8. The molecule has 59 heavy (non-hydrogen) atoms. The molecule has 1 atom stereocenters. The highest BCUT2D eigenvalue weighted by Gasteiger charge is 2.20. The molecule has 0 fully saturated rings. The monoisotopic (exact) mass is 753 g/mol. The minimum atomic E-state index is 0.309. The lowest BCUT2D eigenvalue weighted by Gasteiger charge is -2.22. The smallest absolute Gasteiger partial charge is 0.0979 e. The summed E-state index contributed by atoms with van der Waals surface area (Å²) in [6.45, 7) is 0. The van der Waals surface area contributed by atoms with Crippen LogP contribution in [0.1, 0.15) is 36.4 Å². The Kier molecular flexibility index (Phi) is 7.80. The van der Waals surface area contributed by atoms with Gasteiger partial charge in [-0.3, -0.25) is 4.98 Å². The van der Waals surface area contributed by atoms with Crippen molar-refractivity contribution in [1.82, 2.24) is 14.5 Å². The van der Waals surface area contributed by atoms with E-state index in [0.717, 1.165) is 52.3 Å². The lowest BCUT2D eigenvalue weighted by Crippen LogP contribution is -2.03. The van der Waals surface area contributed by atoms with Gasteiger partial charge in [-0.1, -0.05) is 158 Å². The largest absolute Gasteiger partial charge is 0.309 e. The molecule has 2 heterocycles. The van der Waals surface area contributed by atoms with E-state index in [-0.39, 0.29) is 0 Å². The summed E-state index contributed by atoms with van der Waals surface area (Å²) in [4.78, 5) is 10.3. The van der Waals surface area contributed by atoms with Crippen LogP contribution in [0.4, 0.5) is 0 Å². The van der Waals surface area contributed by atoms with Gasteiger partial charge in [0.15, 0.2) is 0 Å². The van der Waals surface area contributed by atoms with E-state index in [0.29, 0.717) is 5.92 Å². The van der Waals surface area contributed by atoms with Gasteiger partial charge >= 0.3 is 0 Å². The maximum atomic E-state index is 5.29. The van der Waals surface area contributed by atoms with Crippen LogP contribution in [0.25, 0.3) is 87.5 Å². The van der Waals surface area contributed by atoms with Crippen molar-refractivity contribution in [3.8, 4) is 16.8 Å². The lowest BCUT2D eigenvalue weighted by atomic mass is 9.82. The molecular weight excluding hydrogens is 715 g/mol. The molecule has 10 aromatic rings. The van der Waals surface area contributed by atoms with Crippen molar-refractivity contribution in [2.24, 2.45) is 0 Å². The molecule has 0 saturated heterocycles. The van der Waals surface area contributed by atoms with Gasteiger partial charge in [0.25, 0.3) is 0 Å². The summed E-state index contributed by atoms with van der Waals surface area (Å²) in [5.41, 5.74) is 14.2. The molecule has 3 heteroatoms. The number of nitrogens with zero attached hydrogens (tertiary/aromatic N) is 3. The number of rotatable bonds is 5. The maximum absolute atomic E-state index is 5.29. The summed E-state index contributed by atoms with van der Waals surface area (Å²) in [5.74, 6) is 0.309. The van der Waals surface area contributed by atoms with Crippen molar-refractivity contribution in [1.29, 1.82) is 0 Å². The highest BCUT2D eigenvalue weighted by Crippen LogP contribution is 2.41. The van der Waals surface area contributed by atoms with Gasteiger partial charge in [-0.2, -0.15) is 0 Å². The molecule has 1 unspecified atom stereocenters. The summed E-state index contributed by atoms with van der Waals surface area (Å²) in [7, 11) is 0. The Labute approximate surface area is 342 Å². The van der Waals surface area contributed by atoms with E-state index in [9.17, 15) is 0 Å². The molecule has 0 spiro atoms. The summed E-state index contributed by atoms with van der Waals surface area (Å²) in [6.07, 6.45) is 16.8. The van der Waals surface area contributed by atoms with Gasteiger partial charge in [0, 0.05) is 33.2 Å². The maximum Gasteiger partial charge on any atom is 0.0979 e. The van der Waals surface area contributed by atoms with Crippen LogP contribution in [0.3, 0.4) is 0 Å². The number of fused-ring (bicyclic) bond motifs is 10. The van der Waals surface area contributed by atoms with E-state index in [2.05, 4.69) is 193 Å². The van der Waals surface area contributed by atoms with E-state index in [4.69, 9.17) is 9.97 Å². The topological polar surface area (TPSA) is 30.7 Å². The molecule has 8 aromatic carbocycles. The van der Waals surface area contributed by atoms with Gasteiger partial charge in [0.2, 0.25) is 0 Å².